The minimum absolute atomic E-state index is 0.140. The Morgan fingerprint density at radius 2 is 2.05 bits per heavy atom. The van der Waals surface area contributed by atoms with Crippen molar-refractivity contribution in [3.8, 4) is 5.75 Å². The third-order valence-electron chi connectivity index (χ3n) is 3.73. The maximum atomic E-state index is 11.7. The minimum Gasteiger partial charge on any atom is -0.497 e. The predicted molar refractivity (Wildman–Crippen MR) is 76.2 cm³/mol. The molecule has 2 atom stereocenters. The summed E-state index contributed by atoms with van der Waals surface area (Å²) in [5.74, 6) is 1.17. The molecule has 1 aliphatic heterocycles. The first-order chi connectivity index (χ1) is 9.03. The lowest BCUT2D eigenvalue weighted by Crippen LogP contribution is -2.32. The van der Waals surface area contributed by atoms with Crippen molar-refractivity contribution >= 4 is 9.84 Å². The van der Waals surface area contributed by atoms with E-state index in [2.05, 4.69) is 5.32 Å². The van der Waals surface area contributed by atoms with Gasteiger partial charge in [0.2, 0.25) is 0 Å². The number of hydrogen-bond donors (Lipinski definition) is 1. The molecule has 0 spiro atoms. The van der Waals surface area contributed by atoms with Gasteiger partial charge < -0.3 is 10.1 Å². The third-order valence-corrected chi connectivity index (χ3v) is 6.01. The highest BCUT2D eigenvalue weighted by Crippen LogP contribution is 2.21. The lowest BCUT2D eigenvalue weighted by Gasteiger charge is -2.17. The van der Waals surface area contributed by atoms with Crippen molar-refractivity contribution in [3.05, 3.63) is 29.8 Å². The molecule has 0 aliphatic carbocycles. The van der Waals surface area contributed by atoms with Crippen LogP contribution in [-0.2, 0) is 9.84 Å². The average molecular weight is 283 g/mol. The van der Waals surface area contributed by atoms with Crippen LogP contribution >= 0.6 is 0 Å². The zero-order chi connectivity index (χ0) is 13.9. The number of rotatable bonds is 5. The summed E-state index contributed by atoms with van der Waals surface area (Å²) in [6.45, 7) is 2.58. The molecule has 5 heteroatoms. The standard InChI is InChI=1S/C14H21NO3S/c1-11(12-5-7-13(18-2)8-6-12)15-10-14-4-3-9-19(14,16)17/h5-8,11,14-15H,3-4,9-10H2,1-2H3. The highest BCUT2D eigenvalue weighted by Gasteiger charge is 2.31. The fourth-order valence-corrected chi connectivity index (χ4v) is 4.18. The van der Waals surface area contributed by atoms with Gasteiger partial charge in [-0.1, -0.05) is 12.1 Å². The molecule has 0 saturated carbocycles. The Hall–Kier alpha value is -1.07. The molecule has 0 aromatic heterocycles. The molecule has 1 aliphatic rings. The van der Waals surface area contributed by atoms with E-state index >= 15 is 0 Å². The molecule has 1 fully saturated rings. The fraction of sp³-hybridized carbons (Fsp3) is 0.571. The first kappa shape index (κ1) is 14.3. The smallest absolute Gasteiger partial charge is 0.154 e. The molecule has 1 aromatic rings. The summed E-state index contributed by atoms with van der Waals surface area (Å²) in [6.07, 6.45) is 1.58. The largest absolute Gasteiger partial charge is 0.497 e. The fourth-order valence-electron chi connectivity index (χ4n) is 2.41. The van der Waals surface area contributed by atoms with Gasteiger partial charge in [-0.3, -0.25) is 0 Å². The molecule has 1 saturated heterocycles. The highest BCUT2D eigenvalue weighted by atomic mass is 32.2. The van der Waals surface area contributed by atoms with Gasteiger partial charge in [0.1, 0.15) is 5.75 Å². The van der Waals surface area contributed by atoms with Gasteiger partial charge in [0, 0.05) is 12.6 Å². The predicted octanol–water partition coefficient (Wildman–Crippen LogP) is 1.92. The number of hydrogen-bond acceptors (Lipinski definition) is 4. The number of nitrogens with one attached hydrogen (secondary N) is 1. The minimum atomic E-state index is -2.86. The maximum absolute atomic E-state index is 11.7. The van der Waals surface area contributed by atoms with E-state index in [1.165, 1.54) is 0 Å². The Morgan fingerprint density at radius 1 is 1.37 bits per heavy atom. The molecular formula is C14H21NO3S. The van der Waals surface area contributed by atoms with Crippen LogP contribution in [0.25, 0.3) is 0 Å². The van der Waals surface area contributed by atoms with Crippen molar-refractivity contribution in [1.82, 2.24) is 5.32 Å². The number of sulfone groups is 1. The van der Waals surface area contributed by atoms with E-state index in [1.807, 2.05) is 31.2 Å². The second-order valence-corrected chi connectivity index (χ2v) is 7.43. The van der Waals surface area contributed by atoms with Crippen LogP contribution in [-0.4, -0.2) is 33.1 Å². The summed E-state index contributed by atoms with van der Waals surface area (Å²) in [6, 6.07) is 7.97. The summed E-state index contributed by atoms with van der Waals surface area (Å²) < 4.78 is 28.6. The van der Waals surface area contributed by atoms with Crippen molar-refractivity contribution in [2.45, 2.75) is 31.1 Å². The van der Waals surface area contributed by atoms with Crippen molar-refractivity contribution in [1.29, 1.82) is 0 Å². The first-order valence-corrected chi connectivity index (χ1v) is 8.33. The second kappa shape index (κ2) is 5.92. The van der Waals surface area contributed by atoms with E-state index < -0.39 is 9.84 Å². The second-order valence-electron chi connectivity index (χ2n) is 5.03. The Morgan fingerprint density at radius 3 is 2.58 bits per heavy atom. The quantitative estimate of drug-likeness (QED) is 0.897. The number of benzene rings is 1. The Bertz CT molecular complexity index is 510. The summed E-state index contributed by atoms with van der Waals surface area (Å²) in [5.41, 5.74) is 1.14. The normalized spacial score (nSPS) is 23.2. The Labute approximate surface area is 115 Å². The lowest BCUT2D eigenvalue weighted by atomic mass is 10.1. The van der Waals surface area contributed by atoms with Gasteiger partial charge in [-0.15, -0.1) is 0 Å². The van der Waals surface area contributed by atoms with E-state index in [4.69, 9.17) is 4.74 Å². The number of methoxy groups -OCH3 is 1. The average Bonchev–Trinajstić information content (AvgIpc) is 2.75. The molecule has 0 amide bonds. The highest BCUT2D eigenvalue weighted by molar-refractivity contribution is 7.92. The van der Waals surface area contributed by atoms with E-state index in [1.54, 1.807) is 7.11 Å². The first-order valence-electron chi connectivity index (χ1n) is 6.62. The van der Waals surface area contributed by atoms with Gasteiger partial charge in [-0.25, -0.2) is 8.42 Å². The van der Waals surface area contributed by atoms with Crippen LogP contribution in [0.2, 0.25) is 0 Å². The molecule has 0 radical (unpaired) electrons. The van der Waals surface area contributed by atoms with Gasteiger partial charge in [0.25, 0.3) is 0 Å². The van der Waals surface area contributed by atoms with Crippen LogP contribution in [0.4, 0.5) is 0 Å². The molecule has 1 aromatic carbocycles. The SMILES string of the molecule is COc1ccc(C(C)NCC2CCCS2(=O)=O)cc1. The van der Waals surface area contributed by atoms with Crippen molar-refractivity contribution in [2.24, 2.45) is 0 Å². The van der Waals surface area contributed by atoms with Gasteiger partial charge >= 0.3 is 0 Å². The van der Waals surface area contributed by atoms with Gasteiger partial charge in [-0.2, -0.15) is 0 Å². The van der Waals surface area contributed by atoms with Crippen LogP contribution in [0, 0.1) is 0 Å². The molecule has 1 N–H and O–H groups in total. The van der Waals surface area contributed by atoms with Crippen LogP contribution in [0.5, 0.6) is 5.75 Å². The molecule has 19 heavy (non-hydrogen) atoms. The Balaban J connectivity index is 1.92. The topological polar surface area (TPSA) is 55.4 Å². The third kappa shape index (κ3) is 3.48. The van der Waals surface area contributed by atoms with Gasteiger partial charge in [0.05, 0.1) is 18.1 Å². The van der Waals surface area contributed by atoms with E-state index in [0.717, 1.165) is 24.2 Å². The molecule has 2 unspecified atom stereocenters. The zero-order valence-corrected chi connectivity index (χ0v) is 12.2. The van der Waals surface area contributed by atoms with Crippen molar-refractivity contribution in [2.75, 3.05) is 19.4 Å². The maximum Gasteiger partial charge on any atom is 0.154 e. The molecule has 0 bridgehead atoms. The molecule has 1 heterocycles. The molecule has 4 nitrogen and oxygen atoms in total. The molecular weight excluding hydrogens is 262 g/mol. The molecule has 106 valence electrons. The van der Waals surface area contributed by atoms with E-state index in [-0.39, 0.29) is 11.3 Å². The van der Waals surface area contributed by atoms with Gasteiger partial charge in [-0.05, 0) is 37.5 Å². The summed E-state index contributed by atoms with van der Waals surface area (Å²) in [5, 5.41) is 3.10. The van der Waals surface area contributed by atoms with Crippen LogP contribution in [0.15, 0.2) is 24.3 Å². The van der Waals surface area contributed by atoms with Gasteiger partial charge in [0.15, 0.2) is 9.84 Å². The van der Waals surface area contributed by atoms with Crippen LogP contribution in [0.1, 0.15) is 31.4 Å². The lowest BCUT2D eigenvalue weighted by molar-refractivity contribution is 0.414. The molecule has 2 rings (SSSR count). The van der Waals surface area contributed by atoms with E-state index in [0.29, 0.717) is 12.3 Å². The summed E-state index contributed by atoms with van der Waals surface area (Å²) >= 11 is 0. The van der Waals surface area contributed by atoms with Crippen molar-refractivity contribution < 1.29 is 13.2 Å². The van der Waals surface area contributed by atoms with E-state index in [9.17, 15) is 8.42 Å². The Kier molecular flexibility index (Phi) is 4.47. The summed E-state index contributed by atoms with van der Waals surface area (Å²) in [4.78, 5) is 0. The van der Waals surface area contributed by atoms with Crippen LogP contribution in [0.3, 0.4) is 0 Å². The van der Waals surface area contributed by atoms with Crippen molar-refractivity contribution in [3.63, 3.8) is 0 Å². The zero-order valence-electron chi connectivity index (χ0n) is 11.4. The summed E-state index contributed by atoms with van der Waals surface area (Å²) in [7, 11) is -1.22. The number of ether oxygens (including phenoxy) is 1. The monoisotopic (exact) mass is 283 g/mol. The van der Waals surface area contributed by atoms with Crippen LogP contribution < -0.4 is 10.1 Å².